The number of nitrogens with zero attached hydrogens (tertiary/aromatic N) is 1. The Morgan fingerprint density at radius 1 is 1.41 bits per heavy atom. The normalized spacial score (nSPS) is 32.3. The minimum absolute atomic E-state index is 0.0175. The maximum Gasteiger partial charge on any atom is 0.326 e. The highest BCUT2D eigenvalue weighted by Gasteiger charge is 2.48. The van der Waals surface area contributed by atoms with Gasteiger partial charge in [-0.05, 0) is 32.6 Å². The number of hydrogen-bond donors (Lipinski definition) is 1. The lowest BCUT2D eigenvalue weighted by molar-refractivity contribution is -0.153. The highest BCUT2D eigenvalue weighted by atomic mass is 16.5. The summed E-state index contributed by atoms with van der Waals surface area (Å²) in [5.41, 5.74) is 0. The third-order valence-corrected chi connectivity index (χ3v) is 3.50. The van der Waals surface area contributed by atoms with Crippen molar-refractivity contribution in [1.29, 1.82) is 0 Å². The minimum atomic E-state index is -0.883. The number of hydrogen-bond acceptors (Lipinski definition) is 3. The molecule has 1 aliphatic heterocycles. The van der Waals surface area contributed by atoms with Gasteiger partial charge in [0.05, 0.1) is 12.0 Å². The predicted octanol–water partition coefficient (Wildman–Crippen LogP) is 0.877. The maximum absolute atomic E-state index is 12.1. The molecule has 2 fully saturated rings. The third-order valence-electron chi connectivity index (χ3n) is 3.50. The SMILES string of the molecule is CCOC1CC1C(=O)N1CCCC[C@@H]1C(=O)O. The summed E-state index contributed by atoms with van der Waals surface area (Å²) in [6.45, 7) is 3.09. The van der Waals surface area contributed by atoms with Gasteiger partial charge in [-0.1, -0.05) is 0 Å². The summed E-state index contributed by atoms with van der Waals surface area (Å²) in [6.07, 6.45) is 3.13. The number of amides is 1. The molecule has 2 unspecified atom stereocenters. The molecule has 1 N–H and O–H groups in total. The predicted molar refractivity (Wildman–Crippen MR) is 60.5 cm³/mol. The molecule has 2 rings (SSSR count). The van der Waals surface area contributed by atoms with Crippen molar-refractivity contribution in [3.63, 3.8) is 0 Å². The van der Waals surface area contributed by atoms with Crippen LogP contribution in [0.1, 0.15) is 32.6 Å². The molecule has 96 valence electrons. The molecule has 3 atom stereocenters. The molecule has 1 heterocycles. The van der Waals surface area contributed by atoms with Crippen molar-refractivity contribution in [2.45, 2.75) is 44.8 Å². The van der Waals surface area contributed by atoms with Crippen LogP contribution in [0.3, 0.4) is 0 Å². The Morgan fingerprint density at radius 2 is 2.18 bits per heavy atom. The summed E-state index contributed by atoms with van der Waals surface area (Å²) in [5, 5.41) is 9.10. The van der Waals surface area contributed by atoms with Crippen LogP contribution in [-0.2, 0) is 14.3 Å². The molecular weight excluding hydrogens is 222 g/mol. The zero-order valence-electron chi connectivity index (χ0n) is 10.1. The standard InChI is InChI=1S/C12H19NO4/c1-2-17-10-7-8(10)11(14)13-6-4-3-5-9(13)12(15)16/h8-10H,2-7H2,1H3,(H,15,16)/t8?,9-,10?/m1/s1. The van der Waals surface area contributed by atoms with Gasteiger partial charge in [0.2, 0.25) is 5.91 Å². The van der Waals surface area contributed by atoms with Crippen molar-refractivity contribution in [3.8, 4) is 0 Å². The van der Waals surface area contributed by atoms with Crippen LogP contribution >= 0.6 is 0 Å². The Hall–Kier alpha value is -1.10. The van der Waals surface area contributed by atoms with Gasteiger partial charge < -0.3 is 14.7 Å². The highest BCUT2D eigenvalue weighted by Crippen LogP contribution is 2.36. The number of rotatable bonds is 4. The molecule has 1 amide bonds. The quantitative estimate of drug-likeness (QED) is 0.793. The number of carbonyl (C=O) groups excluding carboxylic acids is 1. The van der Waals surface area contributed by atoms with E-state index in [0.717, 1.165) is 19.3 Å². The van der Waals surface area contributed by atoms with Gasteiger partial charge in [0.15, 0.2) is 0 Å². The van der Waals surface area contributed by atoms with E-state index in [1.165, 1.54) is 4.90 Å². The third kappa shape index (κ3) is 2.60. The fourth-order valence-corrected chi connectivity index (χ4v) is 2.49. The molecule has 0 aromatic rings. The molecule has 0 spiro atoms. The van der Waals surface area contributed by atoms with Crippen molar-refractivity contribution in [1.82, 2.24) is 4.90 Å². The number of carbonyl (C=O) groups is 2. The van der Waals surface area contributed by atoms with E-state index in [1.807, 2.05) is 6.92 Å². The minimum Gasteiger partial charge on any atom is -0.480 e. The van der Waals surface area contributed by atoms with Crippen molar-refractivity contribution in [2.24, 2.45) is 5.92 Å². The fraction of sp³-hybridized carbons (Fsp3) is 0.833. The summed E-state index contributed by atoms with van der Waals surface area (Å²) in [5.74, 6) is -1.02. The molecule has 5 heteroatoms. The largest absolute Gasteiger partial charge is 0.480 e. The first kappa shape index (κ1) is 12.4. The van der Waals surface area contributed by atoms with Gasteiger partial charge in [-0.2, -0.15) is 0 Å². The average molecular weight is 241 g/mol. The molecule has 0 aromatic carbocycles. The molecule has 5 nitrogen and oxygen atoms in total. The van der Waals surface area contributed by atoms with Crippen molar-refractivity contribution < 1.29 is 19.4 Å². The number of aliphatic carboxylic acids is 1. The molecule has 17 heavy (non-hydrogen) atoms. The number of carboxylic acid groups (broad SMARTS) is 1. The summed E-state index contributed by atoms with van der Waals surface area (Å²) < 4.78 is 5.38. The number of piperidine rings is 1. The number of carboxylic acids is 1. The smallest absolute Gasteiger partial charge is 0.326 e. The lowest BCUT2D eigenvalue weighted by atomic mass is 10.0. The molecule has 1 saturated heterocycles. The summed E-state index contributed by atoms with van der Waals surface area (Å²) in [6, 6.07) is -0.626. The van der Waals surface area contributed by atoms with Gasteiger partial charge in [-0.25, -0.2) is 4.79 Å². The van der Waals surface area contributed by atoms with E-state index in [2.05, 4.69) is 0 Å². The summed E-state index contributed by atoms with van der Waals surface area (Å²) in [4.78, 5) is 24.8. The Labute approximate surface area is 101 Å². The van der Waals surface area contributed by atoms with Gasteiger partial charge in [0.25, 0.3) is 0 Å². The Balaban J connectivity index is 1.95. The van der Waals surface area contributed by atoms with Crippen LogP contribution in [0.2, 0.25) is 0 Å². The monoisotopic (exact) mass is 241 g/mol. The Kier molecular flexibility index (Phi) is 3.66. The molecule has 0 aromatic heterocycles. The van der Waals surface area contributed by atoms with E-state index in [1.54, 1.807) is 0 Å². The second-order valence-corrected chi connectivity index (χ2v) is 4.72. The molecule has 1 aliphatic carbocycles. The van der Waals surface area contributed by atoms with Crippen LogP contribution in [-0.4, -0.2) is 47.2 Å². The van der Waals surface area contributed by atoms with Gasteiger partial charge in [0.1, 0.15) is 6.04 Å². The average Bonchev–Trinajstić information content (AvgIpc) is 3.08. The second kappa shape index (κ2) is 5.04. The zero-order valence-corrected chi connectivity index (χ0v) is 10.1. The first-order valence-electron chi connectivity index (χ1n) is 6.30. The molecular formula is C12H19NO4. The van der Waals surface area contributed by atoms with Crippen molar-refractivity contribution in [2.75, 3.05) is 13.2 Å². The van der Waals surface area contributed by atoms with Crippen LogP contribution < -0.4 is 0 Å². The first-order chi connectivity index (χ1) is 8.15. The topological polar surface area (TPSA) is 66.8 Å². The van der Waals surface area contributed by atoms with Crippen LogP contribution in [0.5, 0.6) is 0 Å². The Bertz CT molecular complexity index is 318. The second-order valence-electron chi connectivity index (χ2n) is 4.72. The van der Waals surface area contributed by atoms with E-state index >= 15 is 0 Å². The lowest BCUT2D eigenvalue weighted by Gasteiger charge is -2.33. The first-order valence-corrected chi connectivity index (χ1v) is 6.30. The van der Waals surface area contributed by atoms with Crippen LogP contribution in [0.15, 0.2) is 0 Å². The van der Waals surface area contributed by atoms with Gasteiger partial charge in [0, 0.05) is 13.2 Å². The molecule has 1 saturated carbocycles. The van der Waals surface area contributed by atoms with E-state index in [0.29, 0.717) is 19.6 Å². The Morgan fingerprint density at radius 3 is 2.82 bits per heavy atom. The van der Waals surface area contributed by atoms with E-state index in [-0.39, 0.29) is 17.9 Å². The van der Waals surface area contributed by atoms with Crippen LogP contribution in [0.4, 0.5) is 0 Å². The van der Waals surface area contributed by atoms with Crippen molar-refractivity contribution in [3.05, 3.63) is 0 Å². The number of ether oxygens (including phenoxy) is 1. The van der Waals surface area contributed by atoms with Gasteiger partial charge >= 0.3 is 5.97 Å². The maximum atomic E-state index is 12.1. The van der Waals surface area contributed by atoms with Crippen LogP contribution in [0.25, 0.3) is 0 Å². The lowest BCUT2D eigenvalue weighted by Crippen LogP contribution is -2.48. The van der Waals surface area contributed by atoms with Crippen molar-refractivity contribution >= 4 is 11.9 Å². The summed E-state index contributed by atoms with van der Waals surface area (Å²) in [7, 11) is 0. The molecule has 0 radical (unpaired) electrons. The van der Waals surface area contributed by atoms with Gasteiger partial charge in [-0.15, -0.1) is 0 Å². The molecule has 0 bridgehead atoms. The molecule has 2 aliphatic rings. The fourth-order valence-electron chi connectivity index (χ4n) is 2.49. The van der Waals surface area contributed by atoms with E-state index in [9.17, 15) is 9.59 Å². The number of likely N-dealkylation sites (tertiary alicyclic amines) is 1. The summed E-state index contributed by atoms with van der Waals surface area (Å²) >= 11 is 0. The van der Waals surface area contributed by atoms with E-state index in [4.69, 9.17) is 9.84 Å². The highest BCUT2D eigenvalue weighted by molar-refractivity contribution is 5.87. The van der Waals surface area contributed by atoms with E-state index < -0.39 is 12.0 Å². The zero-order chi connectivity index (χ0) is 12.4. The van der Waals surface area contributed by atoms with Crippen LogP contribution in [0, 0.1) is 5.92 Å². The van der Waals surface area contributed by atoms with Gasteiger partial charge in [-0.3, -0.25) is 4.79 Å².